The summed E-state index contributed by atoms with van der Waals surface area (Å²) in [5.41, 5.74) is 0.764. The topological polar surface area (TPSA) is 24.5 Å². The number of hydrogen-bond donors (Lipinski definition) is 1. The standard InChI is InChI=1S/C15H22F2N2O/c1-11(2)18-9-12-7-8-19(10-12)13-5-3-4-6-14(13)20-15(16)17/h3-6,11-12,15,18H,7-10H2,1-2H3. The molecular weight excluding hydrogens is 262 g/mol. The lowest BCUT2D eigenvalue weighted by Gasteiger charge is -2.22. The Morgan fingerprint density at radius 3 is 2.80 bits per heavy atom. The number of nitrogens with one attached hydrogen (secondary N) is 1. The van der Waals surface area contributed by atoms with Crippen LogP contribution in [0.1, 0.15) is 20.3 Å². The fourth-order valence-electron chi connectivity index (χ4n) is 2.53. The van der Waals surface area contributed by atoms with Gasteiger partial charge in [-0.3, -0.25) is 0 Å². The lowest BCUT2D eigenvalue weighted by molar-refractivity contribution is -0.0495. The zero-order chi connectivity index (χ0) is 14.5. The highest BCUT2D eigenvalue weighted by atomic mass is 19.3. The van der Waals surface area contributed by atoms with Crippen molar-refractivity contribution in [3.8, 4) is 5.75 Å². The predicted molar refractivity (Wildman–Crippen MR) is 76.5 cm³/mol. The van der Waals surface area contributed by atoms with E-state index in [1.807, 2.05) is 12.1 Å². The summed E-state index contributed by atoms with van der Waals surface area (Å²) in [5.74, 6) is 0.817. The predicted octanol–water partition coefficient (Wildman–Crippen LogP) is 3.11. The van der Waals surface area contributed by atoms with Gasteiger partial charge >= 0.3 is 6.61 Å². The summed E-state index contributed by atoms with van der Waals surface area (Å²) < 4.78 is 29.4. The second kappa shape index (κ2) is 6.88. The van der Waals surface area contributed by atoms with Gasteiger partial charge in [0, 0.05) is 19.1 Å². The summed E-state index contributed by atoms with van der Waals surface area (Å²) in [6, 6.07) is 7.48. The van der Waals surface area contributed by atoms with Gasteiger partial charge in [-0.1, -0.05) is 26.0 Å². The molecule has 1 saturated heterocycles. The van der Waals surface area contributed by atoms with Crippen molar-refractivity contribution in [2.24, 2.45) is 5.92 Å². The van der Waals surface area contributed by atoms with E-state index in [1.54, 1.807) is 12.1 Å². The van der Waals surface area contributed by atoms with Gasteiger partial charge in [-0.2, -0.15) is 8.78 Å². The normalized spacial score (nSPS) is 19.1. The lowest BCUT2D eigenvalue weighted by atomic mass is 10.1. The highest BCUT2D eigenvalue weighted by Gasteiger charge is 2.25. The van der Waals surface area contributed by atoms with Crippen molar-refractivity contribution in [2.45, 2.75) is 32.9 Å². The van der Waals surface area contributed by atoms with Crippen LogP contribution in [-0.4, -0.2) is 32.3 Å². The molecule has 1 N–H and O–H groups in total. The number of benzene rings is 1. The summed E-state index contributed by atoms with van der Waals surface area (Å²) in [7, 11) is 0. The Hall–Kier alpha value is -1.36. The monoisotopic (exact) mass is 284 g/mol. The number of para-hydroxylation sites is 2. The molecule has 1 fully saturated rings. The first-order valence-corrected chi connectivity index (χ1v) is 7.08. The van der Waals surface area contributed by atoms with Crippen LogP contribution in [0, 0.1) is 5.92 Å². The average molecular weight is 284 g/mol. The van der Waals surface area contributed by atoms with Crippen LogP contribution < -0.4 is 15.0 Å². The molecule has 3 nitrogen and oxygen atoms in total. The molecule has 0 aromatic heterocycles. The van der Waals surface area contributed by atoms with Crippen molar-refractivity contribution in [3.63, 3.8) is 0 Å². The summed E-state index contributed by atoms with van der Waals surface area (Å²) in [6.45, 7) is 4.19. The molecule has 5 heteroatoms. The lowest BCUT2D eigenvalue weighted by Crippen LogP contribution is -2.30. The summed E-state index contributed by atoms with van der Waals surface area (Å²) in [6.07, 6.45) is 1.07. The number of anilines is 1. The Kier molecular flexibility index (Phi) is 5.17. The van der Waals surface area contributed by atoms with Crippen molar-refractivity contribution in [1.82, 2.24) is 5.32 Å². The van der Waals surface area contributed by atoms with E-state index in [4.69, 9.17) is 0 Å². The molecule has 1 aliphatic heterocycles. The fourth-order valence-corrected chi connectivity index (χ4v) is 2.53. The maximum absolute atomic E-state index is 12.4. The Balaban J connectivity index is 1.99. The maximum Gasteiger partial charge on any atom is 0.387 e. The first-order chi connectivity index (χ1) is 9.56. The summed E-state index contributed by atoms with van der Waals surface area (Å²) >= 11 is 0. The second-order valence-corrected chi connectivity index (χ2v) is 5.51. The van der Waals surface area contributed by atoms with E-state index < -0.39 is 6.61 Å². The van der Waals surface area contributed by atoms with Crippen molar-refractivity contribution >= 4 is 5.69 Å². The molecular formula is C15H22F2N2O. The van der Waals surface area contributed by atoms with Gasteiger partial charge in [0.25, 0.3) is 0 Å². The number of alkyl halides is 2. The van der Waals surface area contributed by atoms with Gasteiger partial charge in [-0.25, -0.2) is 0 Å². The third-order valence-electron chi connectivity index (χ3n) is 3.52. The van der Waals surface area contributed by atoms with Crippen LogP contribution in [0.4, 0.5) is 14.5 Å². The molecule has 1 aromatic carbocycles. The number of ether oxygens (including phenoxy) is 1. The molecule has 2 rings (SSSR count). The van der Waals surface area contributed by atoms with Crippen LogP contribution in [-0.2, 0) is 0 Å². The average Bonchev–Trinajstić information content (AvgIpc) is 2.85. The Bertz CT molecular complexity index is 426. The van der Waals surface area contributed by atoms with Crippen molar-refractivity contribution in [3.05, 3.63) is 24.3 Å². The molecule has 0 bridgehead atoms. The third-order valence-corrected chi connectivity index (χ3v) is 3.52. The number of hydrogen-bond acceptors (Lipinski definition) is 3. The van der Waals surface area contributed by atoms with Gasteiger partial charge in [-0.05, 0) is 31.0 Å². The van der Waals surface area contributed by atoms with Gasteiger partial charge in [-0.15, -0.1) is 0 Å². The molecule has 1 aliphatic rings. The Morgan fingerprint density at radius 1 is 1.35 bits per heavy atom. The highest BCUT2D eigenvalue weighted by molar-refractivity contribution is 5.59. The van der Waals surface area contributed by atoms with Gasteiger partial charge in [0.15, 0.2) is 0 Å². The van der Waals surface area contributed by atoms with E-state index in [-0.39, 0.29) is 5.75 Å². The van der Waals surface area contributed by atoms with Crippen molar-refractivity contribution in [1.29, 1.82) is 0 Å². The molecule has 1 heterocycles. The van der Waals surface area contributed by atoms with Crippen LogP contribution in [0.5, 0.6) is 5.75 Å². The minimum atomic E-state index is -2.78. The number of halogens is 2. The minimum Gasteiger partial charge on any atom is -0.433 e. The van der Waals surface area contributed by atoms with Gasteiger partial charge < -0.3 is 15.0 Å². The first-order valence-electron chi connectivity index (χ1n) is 7.08. The van der Waals surface area contributed by atoms with E-state index in [9.17, 15) is 8.78 Å². The highest BCUT2D eigenvalue weighted by Crippen LogP contribution is 2.32. The zero-order valence-corrected chi connectivity index (χ0v) is 12.0. The van der Waals surface area contributed by atoms with Crippen LogP contribution in [0.15, 0.2) is 24.3 Å². The molecule has 1 atom stereocenters. The van der Waals surface area contributed by atoms with E-state index >= 15 is 0 Å². The number of rotatable bonds is 6. The second-order valence-electron chi connectivity index (χ2n) is 5.51. The molecule has 20 heavy (non-hydrogen) atoms. The van der Waals surface area contributed by atoms with Gasteiger partial charge in [0.1, 0.15) is 5.75 Å². The fraction of sp³-hybridized carbons (Fsp3) is 0.600. The zero-order valence-electron chi connectivity index (χ0n) is 12.0. The largest absolute Gasteiger partial charge is 0.433 e. The Morgan fingerprint density at radius 2 is 2.10 bits per heavy atom. The first kappa shape index (κ1) is 15.0. The van der Waals surface area contributed by atoms with Crippen LogP contribution >= 0.6 is 0 Å². The quantitative estimate of drug-likeness (QED) is 0.868. The third kappa shape index (κ3) is 4.07. The summed E-state index contributed by atoms with van der Waals surface area (Å²) in [5, 5.41) is 3.43. The Labute approximate surface area is 118 Å². The van der Waals surface area contributed by atoms with Crippen LogP contribution in [0.25, 0.3) is 0 Å². The van der Waals surface area contributed by atoms with E-state index in [1.165, 1.54) is 0 Å². The van der Waals surface area contributed by atoms with E-state index in [0.29, 0.717) is 12.0 Å². The minimum absolute atomic E-state index is 0.264. The van der Waals surface area contributed by atoms with Crippen LogP contribution in [0.2, 0.25) is 0 Å². The molecule has 0 spiro atoms. The SMILES string of the molecule is CC(C)NCC1CCN(c2ccccc2OC(F)F)C1. The molecule has 1 unspecified atom stereocenters. The molecule has 1 aromatic rings. The van der Waals surface area contributed by atoms with E-state index in [0.717, 1.165) is 31.7 Å². The molecule has 0 saturated carbocycles. The van der Waals surface area contributed by atoms with Gasteiger partial charge in [0.05, 0.1) is 5.69 Å². The number of nitrogens with zero attached hydrogens (tertiary/aromatic N) is 1. The molecule has 0 aliphatic carbocycles. The van der Waals surface area contributed by atoms with E-state index in [2.05, 4.69) is 28.8 Å². The smallest absolute Gasteiger partial charge is 0.387 e. The van der Waals surface area contributed by atoms with Crippen molar-refractivity contribution < 1.29 is 13.5 Å². The van der Waals surface area contributed by atoms with Crippen LogP contribution in [0.3, 0.4) is 0 Å². The summed E-state index contributed by atoms with van der Waals surface area (Å²) in [4.78, 5) is 2.13. The molecule has 112 valence electrons. The maximum atomic E-state index is 12.4. The molecule has 0 radical (unpaired) electrons. The van der Waals surface area contributed by atoms with Gasteiger partial charge in [0.2, 0.25) is 0 Å². The van der Waals surface area contributed by atoms with Crippen molar-refractivity contribution in [2.75, 3.05) is 24.5 Å². The molecule has 0 amide bonds.